The lowest BCUT2D eigenvalue weighted by Crippen LogP contribution is -2.55. The second-order valence-electron chi connectivity index (χ2n) is 11.1. The standard InChI is InChI=1S/C22H48N4/c1-10-19(2,3)16-21(6,7)26-13-11-12-25(14-15-26)18-22(8,23)17-20(4,5)24-9/h24H,10-18,23H2,1-9H3. The molecule has 1 aliphatic heterocycles. The highest BCUT2D eigenvalue weighted by molar-refractivity contribution is 4.94. The van der Waals surface area contributed by atoms with Crippen LogP contribution in [0.25, 0.3) is 0 Å². The van der Waals surface area contributed by atoms with Crippen molar-refractivity contribution in [2.45, 2.75) is 97.7 Å². The van der Waals surface area contributed by atoms with Gasteiger partial charge in [0, 0.05) is 36.3 Å². The van der Waals surface area contributed by atoms with Gasteiger partial charge in [0.2, 0.25) is 0 Å². The zero-order chi connectivity index (χ0) is 20.2. The molecule has 0 aliphatic carbocycles. The third kappa shape index (κ3) is 7.84. The van der Waals surface area contributed by atoms with Crippen molar-refractivity contribution in [3.8, 4) is 0 Å². The lowest BCUT2D eigenvalue weighted by molar-refractivity contribution is 0.0722. The molecule has 1 rings (SSSR count). The molecular weight excluding hydrogens is 320 g/mol. The van der Waals surface area contributed by atoms with Gasteiger partial charge in [-0.3, -0.25) is 4.90 Å². The van der Waals surface area contributed by atoms with Crippen molar-refractivity contribution in [3.05, 3.63) is 0 Å². The van der Waals surface area contributed by atoms with E-state index < -0.39 is 0 Å². The van der Waals surface area contributed by atoms with Crippen molar-refractivity contribution < 1.29 is 0 Å². The molecule has 1 atom stereocenters. The van der Waals surface area contributed by atoms with Gasteiger partial charge in [-0.05, 0) is 79.4 Å². The van der Waals surface area contributed by atoms with Gasteiger partial charge in [0.05, 0.1) is 0 Å². The molecule has 26 heavy (non-hydrogen) atoms. The van der Waals surface area contributed by atoms with Gasteiger partial charge < -0.3 is 16.0 Å². The van der Waals surface area contributed by atoms with Crippen LogP contribution in [-0.4, -0.2) is 66.2 Å². The fourth-order valence-corrected chi connectivity index (χ4v) is 4.81. The minimum atomic E-state index is -0.165. The molecule has 0 spiro atoms. The molecule has 0 aromatic carbocycles. The highest BCUT2D eigenvalue weighted by atomic mass is 15.3. The van der Waals surface area contributed by atoms with Gasteiger partial charge in [-0.2, -0.15) is 0 Å². The third-order valence-corrected chi connectivity index (χ3v) is 6.42. The summed E-state index contributed by atoms with van der Waals surface area (Å²) >= 11 is 0. The van der Waals surface area contributed by atoms with Crippen molar-refractivity contribution in [2.24, 2.45) is 11.1 Å². The molecule has 1 saturated heterocycles. The number of nitrogens with two attached hydrogens (primary N) is 1. The normalized spacial score (nSPS) is 21.5. The summed E-state index contributed by atoms with van der Waals surface area (Å²) < 4.78 is 0. The minimum Gasteiger partial charge on any atom is -0.324 e. The van der Waals surface area contributed by atoms with Gasteiger partial charge in [-0.1, -0.05) is 27.2 Å². The first-order valence-corrected chi connectivity index (χ1v) is 10.7. The summed E-state index contributed by atoms with van der Waals surface area (Å²) in [5.74, 6) is 0. The lowest BCUT2D eigenvalue weighted by atomic mass is 9.77. The number of rotatable bonds is 9. The van der Waals surface area contributed by atoms with Crippen LogP contribution in [0.15, 0.2) is 0 Å². The highest BCUT2D eigenvalue weighted by Gasteiger charge is 2.35. The van der Waals surface area contributed by atoms with Crippen LogP contribution in [0.5, 0.6) is 0 Å². The Hall–Kier alpha value is -0.160. The summed E-state index contributed by atoms with van der Waals surface area (Å²) in [6.45, 7) is 24.3. The predicted molar refractivity (Wildman–Crippen MR) is 116 cm³/mol. The molecular formula is C22H48N4. The topological polar surface area (TPSA) is 44.5 Å². The first kappa shape index (κ1) is 23.9. The van der Waals surface area contributed by atoms with Crippen LogP contribution in [0.1, 0.15) is 81.1 Å². The Balaban J connectivity index is 2.65. The summed E-state index contributed by atoms with van der Waals surface area (Å²) in [7, 11) is 2.03. The van der Waals surface area contributed by atoms with Gasteiger partial charge in [0.1, 0.15) is 0 Å². The summed E-state index contributed by atoms with van der Waals surface area (Å²) in [5.41, 5.74) is 7.27. The van der Waals surface area contributed by atoms with Crippen LogP contribution in [0.4, 0.5) is 0 Å². The molecule has 0 amide bonds. The summed E-state index contributed by atoms with van der Waals surface area (Å²) in [6, 6.07) is 0. The molecule has 0 aromatic heterocycles. The Morgan fingerprint density at radius 1 is 0.885 bits per heavy atom. The number of nitrogens with zero attached hydrogens (tertiary/aromatic N) is 2. The Morgan fingerprint density at radius 3 is 2.04 bits per heavy atom. The fourth-order valence-electron chi connectivity index (χ4n) is 4.81. The highest BCUT2D eigenvalue weighted by Crippen LogP contribution is 2.34. The lowest BCUT2D eigenvalue weighted by Gasteiger charge is -2.43. The molecule has 4 nitrogen and oxygen atoms in total. The van der Waals surface area contributed by atoms with E-state index in [9.17, 15) is 0 Å². The minimum absolute atomic E-state index is 0.0785. The van der Waals surface area contributed by atoms with Crippen LogP contribution in [0.2, 0.25) is 0 Å². The molecule has 156 valence electrons. The molecule has 0 radical (unpaired) electrons. The first-order valence-electron chi connectivity index (χ1n) is 10.7. The predicted octanol–water partition coefficient (Wildman–Crippen LogP) is 3.70. The van der Waals surface area contributed by atoms with E-state index in [0.717, 1.165) is 32.6 Å². The summed E-state index contributed by atoms with van der Waals surface area (Å²) in [4.78, 5) is 5.31. The summed E-state index contributed by atoms with van der Waals surface area (Å²) in [5, 5.41) is 3.39. The van der Waals surface area contributed by atoms with E-state index in [0.29, 0.717) is 5.41 Å². The Kier molecular flexibility index (Phi) is 8.17. The van der Waals surface area contributed by atoms with Crippen molar-refractivity contribution in [1.82, 2.24) is 15.1 Å². The number of hydrogen-bond acceptors (Lipinski definition) is 4. The van der Waals surface area contributed by atoms with Gasteiger partial charge in [-0.25, -0.2) is 0 Å². The molecule has 0 aromatic rings. The van der Waals surface area contributed by atoms with Crippen molar-refractivity contribution in [1.29, 1.82) is 0 Å². The van der Waals surface area contributed by atoms with E-state index in [1.807, 2.05) is 7.05 Å². The van der Waals surface area contributed by atoms with Gasteiger partial charge in [-0.15, -0.1) is 0 Å². The summed E-state index contributed by atoms with van der Waals surface area (Å²) in [6.07, 6.45) is 4.71. The third-order valence-electron chi connectivity index (χ3n) is 6.42. The average molecular weight is 369 g/mol. The number of nitrogens with one attached hydrogen (secondary N) is 1. The largest absolute Gasteiger partial charge is 0.324 e. The smallest absolute Gasteiger partial charge is 0.0272 e. The molecule has 1 heterocycles. The Labute approximate surface area is 164 Å². The van der Waals surface area contributed by atoms with Crippen LogP contribution in [0, 0.1) is 5.41 Å². The molecule has 3 N–H and O–H groups in total. The van der Waals surface area contributed by atoms with E-state index >= 15 is 0 Å². The van der Waals surface area contributed by atoms with Crippen molar-refractivity contribution >= 4 is 0 Å². The fraction of sp³-hybridized carbons (Fsp3) is 1.00. The average Bonchev–Trinajstić information content (AvgIpc) is 2.70. The van der Waals surface area contributed by atoms with Crippen LogP contribution in [0.3, 0.4) is 0 Å². The van der Waals surface area contributed by atoms with Crippen molar-refractivity contribution in [3.63, 3.8) is 0 Å². The zero-order valence-corrected chi connectivity index (χ0v) is 19.3. The second kappa shape index (κ2) is 8.89. The van der Waals surface area contributed by atoms with Crippen LogP contribution < -0.4 is 11.1 Å². The van der Waals surface area contributed by atoms with E-state index in [1.165, 1.54) is 25.8 Å². The quantitative estimate of drug-likeness (QED) is 0.651. The van der Waals surface area contributed by atoms with E-state index in [2.05, 4.69) is 70.5 Å². The Bertz CT molecular complexity index is 426. The van der Waals surface area contributed by atoms with E-state index in [1.54, 1.807) is 0 Å². The zero-order valence-electron chi connectivity index (χ0n) is 19.3. The SMILES string of the molecule is CCC(C)(C)CC(C)(C)N1CCCN(CC(C)(N)CC(C)(C)NC)CC1. The maximum Gasteiger partial charge on any atom is 0.0272 e. The monoisotopic (exact) mass is 368 g/mol. The van der Waals surface area contributed by atoms with Crippen LogP contribution in [-0.2, 0) is 0 Å². The Morgan fingerprint density at radius 2 is 1.50 bits per heavy atom. The molecule has 4 heteroatoms. The van der Waals surface area contributed by atoms with Crippen LogP contribution >= 0.6 is 0 Å². The first-order chi connectivity index (χ1) is 11.7. The van der Waals surface area contributed by atoms with Gasteiger partial charge in [0.25, 0.3) is 0 Å². The molecule has 0 saturated carbocycles. The second-order valence-corrected chi connectivity index (χ2v) is 11.1. The molecule has 1 unspecified atom stereocenters. The maximum absolute atomic E-state index is 6.69. The maximum atomic E-state index is 6.69. The molecule has 1 fully saturated rings. The number of hydrogen-bond donors (Lipinski definition) is 2. The molecule has 1 aliphatic rings. The van der Waals surface area contributed by atoms with Gasteiger partial charge >= 0.3 is 0 Å². The van der Waals surface area contributed by atoms with Crippen molar-refractivity contribution in [2.75, 3.05) is 39.8 Å². The van der Waals surface area contributed by atoms with Gasteiger partial charge in [0.15, 0.2) is 0 Å². The molecule has 0 bridgehead atoms. The van der Waals surface area contributed by atoms with E-state index in [-0.39, 0.29) is 16.6 Å². The van der Waals surface area contributed by atoms with E-state index in [4.69, 9.17) is 5.73 Å².